The molecule has 1 rings (SSSR count). The van der Waals surface area contributed by atoms with Gasteiger partial charge in [-0.1, -0.05) is 11.6 Å². The summed E-state index contributed by atoms with van der Waals surface area (Å²) in [4.78, 5) is 11.5. The molecule has 1 aromatic rings. The van der Waals surface area contributed by atoms with Crippen LogP contribution in [0.5, 0.6) is 5.75 Å². The highest BCUT2D eigenvalue weighted by molar-refractivity contribution is 6.33. The van der Waals surface area contributed by atoms with Gasteiger partial charge in [0.15, 0.2) is 0 Å². The van der Waals surface area contributed by atoms with Gasteiger partial charge in [0.05, 0.1) is 29.9 Å². The van der Waals surface area contributed by atoms with Crippen LogP contribution >= 0.6 is 11.6 Å². The van der Waals surface area contributed by atoms with E-state index in [9.17, 15) is 4.79 Å². The van der Waals surface area contributed by atoms with Crippen molar-refractivity contribution in [2.45, 2.75) is 6.92 Å². The van der Waals surface area contributed by atoms with E-state index in [1.54, 1.807) is 6.92 Å². The van der Waals surface area contributed by atoms with Gasteiger partial charge in [-0.05, 0) is 13.0 Å². The molecular weight excluding hydrogens is 230 g/mol. The second kappa shape index (κ2) is 5.38. The maximum atomic E-state index is 11.5. The molecule has 0 N–H and O–H groups in total. The molecule has 0 bridgehead atoms. The fraction of sp³-hybridized carbons (Fsp3) is 0.273. The molecule has 1 aromatic carbocycles. The summed E-state index contributed by atoms with van der Waals surface area (Å²) in [5.74, 6) is -0.216. The third-order valence-electron chi connectivity index (χ3n) is 1.90. The van der Waals surface area contributed by atoms with E-state index in [1.807, 2.05) is 6.07 Å². The van der Waals surface area contributed by atoms with Crippen molar-refractivity contribution in [3.05, 3.63) is 28.3 Å². The molecule has 0 spiro atoms. The second-order valence-electron chi connectivity index (χ2n) is 2.86. The van der Waals surface area contributed by atoms with Crippen LogP contribution in [0.15, 0.2) is 12.1 Å². The number of rotatable bonds is 3. The van der Waals surface area contributed by atoms with Crippen molar-refractivity contribution in [3.8, 4) is 11.8 Å². The van der Waals surface area contributed by atoms with Crippen LogP contribution in [0.25, 0.3) is 0 Å². The summed E-state index contributed by atoms with van der Waals surface area (Å²) in [5.41, 5.74) is 0.413. The van der Waals surface area contributed by atoms with Crippen LogP contribution in [0, 0.1) is 11.3 Å². The number of benzene rings is 1. The quantitative estimate of drug-likeness (QED) is 0.760. The molecule has 0 atom stereocenters. The van der Waals surface area contributed by atoms with Gasteiger partial charge in [-0.25, -0.2) is 4.79 Å². The maximum absolute atomic E-state index is 11.5. The van der Waals surface area contributed by atoms with Crippen molar-refractivity contribution < 1.29 is 14.3 Å². The molecule has 0 fully saturated rings. The monoisotopic (exact) mass is 239 g/mol. The van der Waals surface area contributed by atoms with Crippen LogP contribution < -0.4 is 4.74 Å². The molecule has 0 aliphatic carbocycles. The summed E-state index contributed by atoms with van der Waals surface area (Å²) in [5, 5.41) is 9.05. The predicted octanol–water partition coefficient (Wildman–Crippen LogP) is 2.40. The SMILES string of the molecule is CCOC(=O)c1cc(C#N)c(OC)cc1Cl. The molecule has 0 aromatic heterocycles. The van der Waals surface area contributed by atoms with E-state index in [1.165, 1.54) is 19.2 Å². The summed E-state index contributed by atoms with van der Waals surface area (Å²) < 4.78 is 9.76. The molecular formula is C11H10ClNO3. The van der Waals surface area contributed by atoms with Crippen LogP contribution in [0.2, 0.25) is 5.02 Å². The van der Waals surface area contributed by atoms with Crippen LogP contribution in [-0.4, -0.2) is 19.7 Å². The Kier molecular flexibility index (Phi) is 4.15. The molecule has 0 radical (unpaired) electrons. The van der Waals surface area contributed by atoms with Gasteiger partial charge in [-0.2, -0.15) is 5.26 Å². The number of esters is 1. The van der Waals surface area contributed by atoms with Gasteiger partial charge in [0.2, 0.25) is 0 Å². The Labute approximate surface area is 98.3 Å². The van der Waals surface area contributed by atoms with Gasteiger partial charge >= 0.3 is 5.97 Å². The van der Waals surface area contributed by atoms with Crippen molar-refractivity contribution >= 4 is 17.6 Å². The maximum Gasteiger partial charge on any atom is 0.339 e. The van der Waals surface area contributed by atoms with E-state index in [-0.39, 0.29) is 22.8 Å². The van der Waals surface area contributed by atoms with Crippen LogP contribution in [0.1, 0.15) is 22.8 Å². The molecule has 5 heteroatoms. The Morgan fingerprint density at radius 2 is 2.25 bits per heavy atom. The molecule has 0 saturated carbocycles. The number of nitrogens with zero attached hydrogens (tertiary/aromatic N) is 1. The zero-order chi connectivity index (χ0) is 12.1. The lowest BCUT2D eigenvalue weighted by Crippen LogP contribution is -2.06. The molecule has 84 valence electrons. The number of methoxy groups -OCH3 is 1. The average molecular weight is 240 g/mol. The van der Waals surface area contributed by atoms with Crippen LogP contribution in [0.4, 0.5) is 0 Å². The molecule has 0 aliphatic rings. The highest BCUT2D eigenvalue weighted by Crippen LogP contribution is 2.27. The highest BCUT2D eigenvalue weighted by atomic mass is 35.5. The third-order valence-corrected chi connectivity index (χ3v) is 2.22. The normalized spacial score (nSPS) is 9.38. The van der Waals surface area contributed by atoms with Crippen molar-refractivity contribution in [2.24, 2.45) is 0 Å². The fourth-order valence-electron chi connectivity index (χ4n) is 1.18. The first kappa shape index (κ1) is 12.3. The van der Waals surface area contributed by atoms with Gasteiger partial charge in [-0.15, -0.1) is 0 Å². The lowest BCUT2D eigenvalue weighted by atomic mass is 10.1. The lowest BCUT2D eigenvalue weighted by molar-refractivity contribution is 0.0526. The first-order valence-corrected chi connectivity index (χ1v) is 4.96. The number of halogens is 1. The summed E-state index contributed by atoms with van der Waals surface area (Å²) in [6.07, 6.45) is 0. The van der Waals surface area contributed by atoms with Crippen molar-refractivity contribution in [1.82, 2.24) is 0 Å². The Hall–Kier alpha value is -1.73. The van der Waals surface area contributed by atoms with E-state index in [2.05, 4.69) is 0 Å². The first-order valence-electron chi connectivity index (χ1n) is 4.58. The van der Waals surface area contributed by atoms with Gasteiger partial charge in [0.1, 0.15) is 11.8 Å². The van der Waals surface area contributed by atoms with Crippen LogP contribution in [0.3, 0.4) is 0 Å². The highest BCUT2D eigenvalue weighted by Gasteiger charge is 2.15. The molecule has 0 unspecified atom stereocenters. The number of carbonyl (C=O) groups excluding carboxylic acids is 1. The van der Waals surface area contributed by atoms with E-state index in [0.29, 0.717) is 5.75 Å². The summed E-state index contributed by atoms with van der Waals surface area (Å²) >= 11 is 5.88. The summed E-state index contributed by atoms with van der Waals surface area (Å²) in [7, 11) is 1.43. The molecule has 0 saturated heterocycles. The minimum absolute atomic E-state index is 0.167. The third kappa shape index (κ3) is 2.44. The summed E-state index contributed by atoms with van der Waals surface area (Å²) in [6.45, 7) is 1.95. The molecule has 0 aliphatic heterocycles. The zero-order valence-corrected chi connectivity index (χ0v) is 9.67. The molecule has 0 heterocycles. The number of ether oxygens (including phenoxy) is 2. The molecule has 16 heavy (non-hydrogen) atoms. The van der Waals surface area contributed by atoms with E-state index >= 15 is 0 Å². The largest absolute Gasteiger partial charge is 0.495 e. The Bertz CT molecular complexity index is 451. The first-order chi connectivity index (χ1) is 7.63. The number of carbonyl (C=O) groups is 1. The van der Waals surface area contributed by atoms with E-state index in [0.717, 1.165) is 0 Å². The van der Waals surface area contributed by atoms with Crippen molar-refractivity contribution in [3.63, 3.8) is 0 Å². The molecule has 4 nitrogen and oxygen atoms in total. The van der Waals surface area contributed by atoms with Crippen LogP contribution in [-0.2, 0) is 4.74 Å². The van der Waals surface area contributed by atoms with E-state index < -0.39 is 5.97 Å². The Morgan fingerprint density at radius 1 is 1.56 bits per heavy atom. The predicted molar refractivity (Wildman–Crippen MR) is 58.7 cm³/mol. The van der Waals surface area contributed by atoms with Crippen molar-refractivity contribution in [1.29, 1.82) is 5.26 Å². The minimum Gasteiger partial charge on any atom is -0.495 e. The summed E-state index contributed by atoms with van der Waals surface area (Å²) in [6, 6.07) is 4.70. The topological polar surface area (TPSA) is 59.3 Å². The Morgan fingerprint density at radius 3 is 2.75 bits per heavy atom. The second-order valence-corrected chi connectivity index (χ2v) is 3.27. The standard InChI is InChI=1S/C11H10ClNO3/c1-3-16-11(14)8-4-7(6-13)10(15-2)5-9(8)12/h4-5H,3H2,1-2H3. The smallest absolute Gasteiger partial charge is 0.339 e. The van der Waals surface area contributed by atoms with Gasteiger partial charge in [-0.3, -0.25) is 0 Å². The van der Waals surface area contributed by atoms with Crippen molar-refractivity contribution in [2.75, 3.05) is 13.7 Å². The van der Waals surface area contributed by atoms with Gasteiger partial charge in [0.25, 0.3) is 0 Å². The minimum atomic E-state index is -0.549. The fourth-order valence-corrected chi connectivity index (χ4v) is 1.41. The average Bonchev–Trinajstić information content (AvgIpc) is 2.28. The zero-order valence-electron chi connectivity index (χ0n) is 8.91. The van der Waals surface area contributed by atoms with E-state index in [4.69, 9.17) is 26.3 Å². The lowest BCUT2D eigenvalue weighted by Gasteiger charge is -2.07. The van der Waals surface area contributed by atoms with Gasteiger partial charge < -0.3 is 9.47 Å². The van der Waals surface area contributed by atoms with Gasteiger partial charge in [0, 0.05) is 6.07 Å². The number of hydrogen-bond acceptors (Lipinski definition) is 4. The number of hydrogen-bond donors (Lipinski definition) is 0. The number of nitriles is 1. The Balaban J connectivity index is 3.22. The molecule has 0 amide bonds.